The molecule has 2 aromatic carbocycles. The van der Waals surface area contributed by atoms with Gasteiger partial charge in [0.2, 0.25) is 0 Å². The molecule has 0 aliphatic heterocycles. The lowest BCUT2D eigenvalue weighted by atomic mass is 10.1. The quantitative estimate of drug-likeness (QED) is 0.260. The van der Waals surface area contributed by atoms with Crippen LogP contribution < -0.4 is 5.32 Å². The number of nitrogens with zero attached hydrogens (tertiary/aromatic N) is 4. The Kier molecular flexibility index (Phi) is 5.78. The number of alkyl halides is 1. The highest BCUT2D eigenvalue weighted by Gasteiger charge is 2.16. The van der Waals surface area contributed by atoms with Crippen LogP contribution in [0.15, 0.2) is 72.0 Å². The Morgan fingerprint density at radius 2 is 1.75 bits per heavy atom. The first-order chi connectivity index (χ1) is 13.7. The van der Waals surface area contributed by atoms with E-state index in [9.17, 15) is 0 Å². The second kappa shape index (κ2) is 8.63. The van der Waals surface area contributed by atoms with E-state index < -0.39 is 0 Å². The largest absolute Gasteiger partial charge is 0.365 e. The second-order valence-corrected chi connectivity index (χ2v) is 7.64. The molecule has 4 aromatic rings. The summed E-state index contributed by atoms with van der Waals surface area (Å²) < 4.78 is 1.86. The Morgan fingerprint density at radius 1 is 1.04 bits per heavy atom. The summed E-state index contributed by atoms with van der Waals surface area (Å²) in [4.78, 5) is 9.31. The SMILES string of the molecule is CSc1nc(NCc2ccccc2)c2cnn(C[C@@H](Cl)c3ccccc3)c2n1. The van der Waals surface area contributed by atoms with Gasteiger partial charge in [0.05, 0.1) is 23.5 Å². The standard InChI is InChI=1S/C21H20ClN5S/c1-28-21-25-19(23-12-15-8-4-2-5-9-15)17-13-24-27(20(17)26-21)14-18(22)16-10-6-3-7-11-16/h2-11,13,18H,12,14H2,1H3,(H,23,25,26)/t18-/m1/s1. The summed E-state index contributed by atoms with van der Waals surface area (Å²) in [7, 11) is 0. The van der Waals surface area contributed by atoms with Crippen LogP contribution >= 0.6 is 23.4 Å². The normalized spacial score (nSPS) is 12.2. The van der Waals surface area contributed by atoms with Gasteiger partial charge >= 0.3 is 0 Å². The number of fused-ring (bicyclic) bond motifs is 1. The van der Waals surface area contributed by atoms with Crippen molar-refractivity contribution in [2.45, 2.75) is 23.6 Å². The summed E-state index contributed by atoms with van der Waals surface area (Å²) in [6.07, 6.45) is 3.78. The highest BCUT2D eigenvalue weighted by atomic mass is 35.5. The molecule has 7 heteroatoms. The summed E-state index contributed by atoms with van der Waals surface area (Å²) in [6.45, 7) is 1.23. The van der Waals surface area contributed by atoms with E-state index in [2.05, 4.69) is 32.5 Å². The third-order valence-corrected chi connectivity index (χ3v) is 5.39. The third kappa shape index (κ3) is 4.13. The maximum absolute atomic E-state index is 6.63. The molecular weight excluding hydrogens is 390 g/mol. The first-order valence-electron chi connectivity index (χ1n) is 8.99. The highest BCUT2D eigenvalue weighted by Crippen LogP contribution is 2.27. The lowest BCUT2D eigenvalue weighted by Crippen LogP contribution is -2.08. The van der Waals surface area contributed by atoms with E-state index in [4.69, 9.17) is 11.6 Å². The molecule has 0 aliphatic rings. The monoisotopic (exact) mass is 409 g/mol. The fourth-order valence-electron chi connectivity index (χ4n) is 3.00. The van der Waals surface area contributed by atoms with Crippen LogP contribution in [0, 0.1) is 0 Å². The minimum absolute atomic E-state index is 0.183. The zero-order chi connectivity index (χ0) is 19.3. The summed E-state index contributed by atoms with van der Waals surface area (Å²) in [5.74, 6) is 0.787. The number of thioether (sulfide) groups is 1. The van der Waals surface area contributed by atoms with Crippen molar-refractivity contribution in [1.82, 2.24) is 19.7 Å². The second-order valence-electron chi connectivity index (χ2n) is 6.34. The van der Waals surface area contributed by atoms with Crippen LogP contribution in [0.4, 0.5) is 5.82 Å². The molecule has 0 spiro atoms. The van der Waals surface area contributed by atoms with Gasteiger partial charge in [-0.3, -0.25) is 0 Å². The van der Waals surface area contributed by atoms with Gasteiger partial charge in [-0.15, -0.1) is 11.6 Å². The average Bonchev–Trinajstić information content (AvgIpc) is 3.16. The van der Waals surface area contributed by atoms with Gasteiger partial charge < -0.3 is 5.32 Å². The van der Waals surface area contributed by atoms with Crippen LogP contribution in [0.3, 0.4) is 0 Å². The molecule has 4 rings (SSSR count). The van der Waals surface area contributed by atoms with Gasteiger partial charge in [0.25, 0.3) is 0 Å². The van der Waals surface area contributed by atoms with Crippen LogP contribution in [-0.4, -0.2) is 26.0 Å². The maximum atomic E-state index is 6.63. The van der Waals surface area contributed by atoms with Gasteiger partial charge in [0, 0.05) is 6.54 Å². The van der Waals surface area contributed by atoms with Gasteiger partial charge in [-0.25, -0.2) is 14.6 Å². The fourth-order valence-corrected chi connectivity index (χ4v) is 3.63. The van der Waals surface area contributed by atoms with Crippen LogP contribution in [-0.2, 0) is 13.1 Å². The van der Waals surface area contributed by atoms with E-state index in [1.807, 2.05) is 59.5 Å². The molecule has 142 valence electrons. The van der Waals surface area contributed by atoms with Crippen molar-refractivity contribution in [3.8, 4) is 0 Å². The summed E-state index contributed by atoms with van der Waals surface area (Å²) in [5, 5.41) is 9.37. The minimum atomic E-state index is -0.183. The van der Waals surface area contributed by atoms with Crippen LogP contribution in [0.5, 0.6) is 0 Å². The number of aromatic nitrogens is 4. The number of hydrogen-bond acceptors (Lipinski definition) is 5. The number of hydrogen-bond donors (Lipinski definition) is 1. The number of benzene rings is 2. The predicted molar refractivity (Wildman–Crippen MR) is 116 cm³/mol. The molecule has 2 aromatic heterocycles. The minimum Gasteiger partial charge on any atom is -0.365 e. The molecule has 0 radical (unpaired) electrons. The molecule has 0 aliphatic carbocycles. The predicted octanol–water partition coefficient (Wildman–Crippen LogP) is 5.14. The van der Waals surface area contributed by atoms with Crippen molar-refractivity contribution in [3.63, 3.8) is 0 Å². The van der Waals surface area contributed by atoms with Crippen molar-refractivity contribution in [1.29, 1.82) is 0 Å². The first-order valence-corrected chi connectivity index (χ1v) is 10.6. The summed E-state index contributed by atoms with van der Waals surface area (Å²) >= 11 is 8.14. The number of anilines is 1. The van der Waals surface area contributed by atoms with E-state index in [0.717, 1.165) is 22.4 Å². The molecule has 1 atom stereocenters. The van der Waals surface area contributed by atoms with Crippen LogP contribution in [0.2, 0.25) is 0 Å². The molecule has 0 fully saturated rings. The average molecular weight is 410 g/mol. The van der Waals surface area contributed by atoms with Gasteiger partial charge in [-0.05, 0) is 17.4 Å². The van der Waals surface area contributed by atoms with Crippen molar-refractivity contribution in [2.75, 3.05) is 11.6 Å². The zero-order valence-electron chi connectivity index (χ0n) is 15.4. The highest BCUT2D eigenvalue weighted by molar-refractivity contribution is 7.98. The van der Waals surface area contributed by atoms with Crippen molar-refractivity contribution >= 4 is 40.2 Å². The van der Waals surface area contributed by atoms with Crippen molar-refractivity contribution in [3.05, 3.63) is 78.0 Å². The zero-order valence-corrected chi connectivity index (χ0v) is 17.0. The number of halogens is 1. The number of nitrogens with one attached hydrogen (secondary N) is 1. The molecule has 5 nitrogen and oxygen atoms in total. The topological polar surface area (TPSA) is 55.6 Å². The molecule has 0 saturated heterocycles. The molecule has 2 heterocycles. The molecule has 28 heavy (non-hydrogen) atoms. The van der Waals surface area contributed by atoms with E-state index in [1.54, 1.807) is 6.20 Å². The number of rotatable bonds is 7. The van der Waals surface area contributed by atoms with Crippen molar-refractivity contribution < 1.29 is 0 Å². The van der Waals surface area contributed by atoms with Gasteiger partial charge in [-0.2, -0.15) is 5.10 Å². The van der Waals surface area contributed by atoms with Gasteiger partial charge in [0.1, 0.15) is 5.82 Å². The smallest absolute Gasteiger partial charge is 0.191 e. The van der Waals surface area contributed by atoms with E-state index >= 15 is 0 Å². The molecule has 1 N–H and O–H groups in total. The molecule has 0 amide bonds. The fraction of sp³-hybridized carbons (Fsp3) is 0.190. The Morgan fingerprint density at radius 3 is 2.46 bits per heavy atom. The first kappa shape index (κ1) is 18.8. The lowest BCUT2D eigenvalue weighted by Gasteiger charge is -2.12. The maximum Gasteiger partial charge on any atom is 0.191 e. The lowest BCUT2D eigenvalue weighted by molar-refractivity contribution is 0.613. The summed E-state index contributed by atoms with van der Waals surface area (Å²) in [6, 6.07) is 20.3. The van der Waals surface area contributed by atoms with E-state index in [-0.39, 0.29) is 5.38 Å². The van der Waals surface area contributed by atoms with Crippen LogP contribution in [0.25, 0.3) is 11.0 Å². The Bertz CT molecular complexity index is 1050. The molecule has 0 unspecified atom stereocenters. The van der Waals surface area contributed by atoms with Crippen molar-refractivity contribution in [2.24, 2.45) is 0 Å². The summed E-state index contributed by atoms with van der Waals surface area (Å²) in [5.41, 5.74) is 3.04. The molecule has 0 saturated carbocycles. The Balaban J connectivity index is 1.62. The molecule has 0 bridgehead atoms. The van der Waals surface area contributed by atoms with Gasteiger partial charge in [-0.1, -0.05) is 72.4 Å². The van der Waals surface area contributed by atoms with Gasteiger partial charge in [0.15, 0.2) is 10.8 Å². The Hall–Kier alpha value is -2.57. The van der Waals surface area contributed by atoms with E-state index in [1.165, 1.54) is 17.3 Å². The third-order valence-electron chi connectivity index (χ3n) is 4.46. The molecular formula is C21H20ClN5S. The van der Waals surface area contributed by atoms with E-state index in [0.29, 0.717) is 18.2 Å². The Labute approximate surface area is 173 Å². The van der Waals surface area contributed by atoms with Crippen LogP contribution in [0.1, 0.15) is 16.5 Å².